The highest BCUT2D eigenvalue weighted by atomic mass is 16.6. The molecule has 0 aromatic rings. The van der Waals surface area contributed by atoms with E-state index in [-0.39, 0.29) is 31.1 Å². The fraction of sp³-hybridized carbons (Fsp3) is 0.862. The molecule has 0 aliphatic carbocycles. The zero-order chi connectivity index (χ0) is 51.4. The van der Waals surface area contributed by atoms with E-state index >= 15 is 0 Å². The summed E-state index contributed by atoms with van der Waals surface area (Å²) < 4.78 is 16.9. The lowest BCUT2D eigenvalue weighted by Crippen LogP contribution is -2.30. The summed E-state index contributed by atoms with van der Waals surface area (Å²) >= 11 is 0. The number of carbonyl (C=O) groups is 3. The van der Waals surface area contributed by atoms with Crippen LogP contribution in [0, 0.1) is 0 Å². The van der Waals surface area contributed by atoms with Crippen LogP contribution in [-0.4, -0.2) is 37.2 Å². The molecule has 6 nitrogen and oxygen atoms in total. The minimum atomic E-state index is -0.775. The molecule has 0 heterocycles. The number of allylic oxidation sites excluding steroid dienone is 6. The van der Waals surface area contributed by atoms with Crippen LogP contribution in [-0.2, 0) is 28.6 Å². The van der Waals surface area contributed by atoms with Gasteiger partial charge in [0.15, 0.2) is 6.10 Å². The van der Waals surface area contributed by atoms with Gasteiger partial charge in [-0.3, -0.25) is 14.4 Å². The number of carbonyl (C=O) groups excluding carboxylic acids is 3. The zero-order valence-electron chi connectivity index (χ0n) is 47.8. The molecule has 1 atom stereocenters. The van der Waals surface area contributed by atoms with Crippen LogP contribution in [0.4, 0.5) is 0 Å². The van der Waals surface area contributed by atoms with Crippen molar-refractivity contribution in [2.24, 2.45) is 0 Å². The number of esters is 3. The predicted octanol–water partition coefficient (Wildman–Crippen LogP) is 21.2. The van der Waals surface area contributed by atoms with E-state index in [2.05, 4.69) is 57.2 Å². The van der Waals surface area contributed by atoms with Crippen molar-refractivity contribution in [3.05, 3.63) is 36.5 Å². The fourth-order valence-electron chi connectivity index (χ4n) is 9.39. The SMILES string of the molecule is CCCCC/C=C\C/C=C\C/C=C\CCCCCCCCC(=O)OC(COC(=O)CCCCCCCCCCCC)COC(=O)CCCCCCCCCCCCCCCCCCCCCCCCCC. The number of unbranched alkanes of at least 4 members (excludes halogenated alkanes) is 41. The molecular formula is C65H120O6. The molecule has 0 rings (SSSR count). The molecule has 1 unspecified atom stereocenters. The summed E-state index contributed by atoms with van der Waals surface area (Å²) in [7, 11) is 0. The Kier molecular flexibility index (Phi) is 58.2. The second-order valence-corrected chi connectivity index (χ2v) is 21.3. The normalized spacial score (nSPS) is 12.2. The van der Waals surface area contributed by atoms with Gasteiger partial charge in [0.1, 0.15) is 13.2 Å². The number of rotatable bonds is 58. The molecule has 0 amide bonds. The molecule has 0 bridgehead atoms. The van der Waals surface area contributed by atoms with Gasteiger partial charge >= 0.3 is 17.9 Å². The van der Waals surface area contributed by atoms with Crippen molar-refractivity contribution in [2.45, 2.75) is 348 Å². The third-order valence-electron chi connectivity index (χ3n) is 14.1. The molecule has 0 aliphatic rings. The lowest BCUT2D eigenvalue weighted by Gasteiger charge is -2.18. The summed E-state index contributed by atoms with van der Waals surface area (Å²) in [5, 5.41) is 0. The Labute approximate surface area is 442 Å². The van der Waals surface area contributed by atoms with Gasteiger partial charge in [-0.05, 0) is 57.8 Å². The molecular weight excluding hydrogens is 877 g/mol. The minimum absolute atomic E-state index is 0.0726. The van der Waals surface area contributed by atoms with Gasteiger partial charge in [0.05, 0.1) is 0 Å². The second kappa shape index (κ2) is 60.2. The van der Waals surface area contributed by atoms with Crippen molar-refractivity contribution in [1.29, 1.82) is 0 Å². The fourth-order valence-corrected chi connectivity index (χ4v) is 9.39. The maximum Gasteiger partial charge on any atom is 0.306 e. The van der Waals surface area contributed by atoms with Crippen molar-refractivity contribution >= 4 is 17.9 Å². The van der Waals surface area contributed by atoms with Gasteiger partial charge < -0.3 is 14.2 Å². The molecule has 0 aliphatic heterocycles. The van der Waals surface area contributed by atoms with E-state index in [0.717, 1.165) is 77.0 Å². The molecule has 0 spiro atoms. The maximum absolute atomic E-state index is 12.9. The van der Waals surface area contributed by atoms with E-state index < -0.39 is 6.10 Å². The van der Waals surface area contributed by atoms with Crippen LogP contribution in [0.3, 0.4) is 0 Å². The summed E-state index contributed by atoms with van der Waals surface area (Å²) in [6.45, 7) is 6.64. The molecule has 71 heavy (non-hydrogen) atoms. The van der Waals surface area contributed by atoms with E-state index in [1.54, 1.807) is 0 Å². The highest BCUT2D eigenvalue weighted by Gasteiger charge is 2.19. The van der Waals surface area contributed by atoms with Crippen LogP contribution >= 0.6 is 0 Å². The van der Waals surface area contributed by atoms with Crippen LogP contribution in [0.15, 0.2) is 36.5 Å². The zero-order valence-corrected chi connectivity index (χ0v) is 47.8. The molecule has 0 aromatic carbocycles. The van der Waals surface area contributed by atoms with Crippen molar-refractivity contribution in [3.63, 3.8) is 0 Å². The molecule has 6 heteroatoms. The van der Waals surface area contributed by atoms with Crippen LogP contribution < -0.4 is 0 Å². The lowest BCUT2D eigenvalue weighted by atomic mass is 10.0. The van der Waals surface area contributed by atoms with Crippen molar-refractivity contribution < 1.29 is 28.6 Å². The van der Waals surface area contributed by atoms with Crippen LogP contribution in [0.2, 0.25) is 0 Å². The van der Waals surface area contributed by atoms with Gasteiger partial charge in [0.25, 0.3) is 0 Å². The topological polar surface area (TPSA) is 78.9 Å². The Hall–Kier alpha value is -2.37. The van der Waals surface area contributed by atoms with E-state index in [4.69, 9.17) is 14.2 Å². The quantitative estimate of drug-likeness (QED) is 0.0261. The van der Waals surface area contributed by atoms with Crippen molar-refractivity contribution in [1.82, 2.24) is 0 Å². The van der Waals surface area contributed by atoms with Crippen LogP contribution in [0.5, 0.6) is 0 Å². The molecule has 0 saturated carbocycles. The summed E-state index contributed by atoms with van der Waals surface area (Å²) in [6.07, 6.45) is 73.0. The van der Waals surface area contributed by atoms with Gasteiger partial charge in [-0.25, -0.2) is 0 Å². The van der Waals surface area contributed by atoms with Crippen LogP contribution in [0.25, 0.3) is 0 Å². The summed E-state index contributed by atoms with van der Waals surface area (Å²) in [5.74, 6) is -0.865. The number of ether oxygens (including phenoxy) is 3. The second-order valence-electron chi connectivity index (χ2n) is 21.3. The van der Waals surface area contributed by atoms with Gasteiger partial charge in [-0.2, -0.15) is 0 Å². The predicted molar refractivity (Wildman–Crippen MR) is 307 cm³/mol. The molecule has 0 radical (unpaired) electrons. The summed E-state index contributed by atoms with van der Waals surface area (Å²) in [6, 6.07) is 0. The Balaban J connectivity index is 4.21. The van der Waals surface area contributed by atoms with Crippen LogP contribution in [0.1, 0.15) is 342 Å². The third-order valence-corrected chi connectivity index (χ3v) is 14.1. The van der Waals surface area contributed by atoms with Gasteiger partial charge in [-0.1, -0.05) is 301 Å². The van der Waals surface area contributed by atoms with Gasteiger partial charge in [0, 0.05) is 19.3 Å². The molecule has 416 valence electrons. The average Bonchev–Trinajstić information content (AvgIpc) is 3.37. The Bertz CT molecular complexity index is 1190. The standard InChI is InChI=1S/C65H120O6/c1-4-7-10-13-16-19-22-24-26-28-30-31-32-33-34-36-37-39-41-43-46-49-52-55-58-64(67)70-61-62(60-69-63(66)57-54-51-48-45-21-18-15-12-9-6-3)71-65(68)59-56-53-50-47-44-42-40-38-35-29-27-25-23-20-17-14-11-8-5-2/h17,20,25,27,35,38,62H,4-16,18-19,21-24,26,28-34,36-37,39-61H2,1-3H3/b20-17-,27-25-,38-35-. The Morgan fingerprint density at radius 2 is 0.507 bits per heavy atom. The van der Waals surface area contributed by atoms with Gasteiger partial charge in [0.2, 0.25) is 0 Å². The van der Waals surface area contributed by atoms with E-state index in [1.807, 2.05) is 0 Å². The first-order valence-corrected chi connectivity index (χ1v) is 31.5. The smallest absolute Gasteiger partial charge is 0.306 e. The first-order chi connectivity index (χ1) is 35.0. The monoisotopic (exact) mass is 997 g/mol. The highest BCUT2D eigenvalue weighted by molar-refractivity contribution is 5.71. The molecule has 0 N–H and O–H groups in total. The summed E-state index contributed by atoms with van der Waals surface area (Å²) in [5.41, 5.74) is 0. The number of hydrogen-bond donors (Lipinski definition) is 0. The largest absolute Gasteiger partial charge is 0.462 e. The first-order valence-electron chi connectivity index (χ1n) is 31.5. The minimum Gasteiger partial charge on any atom is -0.462 e. The van der Waals surface area contributed by atoms with E-state index in [9.17, 15) is 14.4 Å². The Morgan fingerprint density at radius 3 is 0.817 bits per heavy atom. The third kappa shape index (κ3) is 58.4. The first kappa shape index (κ1) is 68.6. The molecule has 0 saturated heterocycles. The van der Waals surface area contributed by atoms with Crippen molar-refractivity contribution in [3.8, 4) is 0 Å². The summed E-state index contributed by atoms with van der Waals surface area (Å²) in [4.78, 5) is 38.2. The average molecular weight is 998 g/mol. The Morgan fingerprint density at radius 1 is 0.282 bits per heavy atom. The lowest BCUT2D eigenvalue weighted by molar-refractivity contribution is -0.167. The molecule has 0 aromatic heterocycles. The van der Waals surface area contributed by atoms with Gasteiger partial charge in [-0.15, -0.1) is 0 Å². The number of hydrogen-bond acceptors (Lipinski definition) is 6. The molecule has 0 fully saturated rings. The van der Waals surface area contributed by atoms with E-state index in [1.165, 1.54) is 225 Å². The highest BCUT2D eigenvalue weighted by Crippen LogP contribution is 2.18. The van der Waals surface area contributed by atoms with Crippen molar-refractivity contribution in [2.75, 3.05) is 13.2 Å². The maximum atomic E-state index is 12.9. The van der Waals surface area contributed by atoms with E-state index in [0.29, 0.717) is 19.3 Å².